The molecule has 6 heteroatoms. The van der Waals surface area contributed by atoms with Crippen LogP contribution in [-0.2, 0) is 4.79 Å². The number of halogens is 1. The zero-order valence-corrected chi connectivity index (χ0v) is 17.7. The molecule has 2 aromatic carbocycles. The zero-order valence-electron chi connectivity index (χ0n) is 17.0. The standard InChI is InChI=1S/C23H27ClN2O3/c1-17-5-3-6-18(2)22(17)29-16-4-7-21(27)25-12-14-26(15-13-25)23(28)19-8-10-20(24)11-9-19/h3,5-6,8-11H,4,7,12-16H2,1-2H3. The smallest absolute Gasteiger partial charge is 0.253 e. The van der Waals surface area contributed by atoms with E-state index in [9.17, 15) is 9.59 Å². The number of hydrogen-bond donors (Lipinski definition) is 0. The van der Waals surface area contributed by atoms with E-state index in [2.05, 4.69) is 0 Å². The van der Waals surface area contributed by atoms with Crippen LogP contribution in [0.25, 0.3) is 0 Å². The predicted molar refractivity (Wildman–Crippen MR) is 115 cm³/mol. The van der Waals surface area contributed by atoms with Gasteiger partial charge < -0.3 is 14.5 Å². The highest BCUT2D eigenvalue weighted by molar-refractivity contribution is 6.30. The van der Waals surface area contributed by atoms with Gasteiger partial charge in [-0.15, -0.1) is 0 Å². The van der Waals surface area contributed by atoms with Gasteiger partial charge in [-0.05, 0) is 55.7 Å². The van der Waals surface area contributed by atoms with Crippen LogP contribution in [0.1, 0.15) is 34.3 Å². The van der Waals surface area contributed by atoms with Crippen LogP contribution in [-0.4, -0.2) is 54.4 Å². The Bertz CT molecular complexity index is 839. The molecule has 1 aliphatic heterocycles. The van der Waals surface area contributed by atoms with Gasteiger partial charge in [-0.1, -0.05) is 29.8 Å². The first-order chi connectivity index (χ1) is 14.0. The fourth-order valence-electron chi connectivity index (χ4n) is 3.52. The number of amides is 2. The number of benzene rings is 2. The molecule has 0 aliphatic carbocycles. The van der Waals surface area contributed by atoms with Crippen molar-refractivity contribution in [3.8, 4) is 5.75 Å². The first-order valence-electron chi connectivity index (χ1n) is 9.97. The van der Waals surface area contributed by atoms with Crippen LogP contribution in [0.3, 0.4) is 0 Å². The average molecular weight is 415 g/mol. The Morgan fingerprint density at radius 2 is 1.52 bits per heavy atom. The number of rotatable bonds is 6. The van der Waals surface area contributed by atoms with Crippen LogP contribution in [0.4, 0.5) is 0 Å². The maximum Gasteiger partial charge on any atom is 0.253 e. The maximum absolute atomic E-state index is 12.6. The Morgan fingerprint density at radius 3 is 2.14 bits per heavy atom. The highest BCUT2D eigenvalue weighted by atomic mass is 35.5. The van der Waals surface area contributed by atoms with E-state index >= 15 is 0 Å². The first kappa shape index (κ1) is 21.2. The van der Waals surface area contributed by atoms with Gasteiger partial charge in [-0.2, -0.15) is 0 Å². The van der Waals surface area contributed by atoms with Gasteiger partial charge in [0.05, 0.1) is 6.61 Å². The molecule has 0 atom stereocenters. The van der Waals surface area contributed by atoms with Crippen LogP contribution in [0.15, 0.2) is 42.5 Å². The van der Waals surface area contributed by atoms with Gasteiger partial charge in [0.25, 0.3) is 5.91 Å². The van der Waals surface area contributed by atoms with Crippen molar-refractivity contribution in [2.24, 2.45) is 0 Å². The van der Waals surface area contributed by atoms with Crippen molar-refractivity contribution in [3.05, 3.63) is 64.2 Å². The lowest BCUT2D eigenvalue weighted by Gasteiger charge is -2.35. The molecule has 1 saturated heterocycles. The molecule has 1 heterocycles. The molecule has 0 radical (unpaired) electrons. The van der Waals surface area contributed by atoms with Gasteiger partial charge in [0.15, 0.2) is 0 Å². The molecule has 0 saturated carbocycles. The molecule has 0 unspecified atom stereocenters. The second-order valence-electron chi connectivity index (χ2n) is 7.35. The number of ether oxygens (including phenoxy) is 1. The van der Waals surface area contributed by atoms with Crippen molar-refractivity contribution < 1.29 is 14.3 Å². The van der Waals surface area contributed by atoms with Crippen molar-refractivity contribution in [1.82, 2.24) is 9.80 Å². The van der Waals surface area contributed by atoms with Crippen LogP contribution in [0, 0.1) is 13.8 Å². The summed E-state index contributed by atoms with van der Waals surface area (Å²) in [5.41, 5.74) is 2.84. The fourth-order valence-corrected chi connectivity index (χ4v) is 3.64. The Morgan fingerprint density at radius 1 is 0.931 bits per heavy atom. The first-order valence-corrected chi connectivity index (χ1v) is 10.3. The number of carbonyl (C=O) groups excluding carboxylic acids is 2. The third kappa shape index (κ3) is 5.51. The van der Waals surface area contributed by atoms with Gasteiger partial charge >= 0.3 is 0 Å². The van der Waals surface area contributed by atoms with Crippen LogP contribution in [0.2, 0.25) is 5.02 Å². The van der Waals surface area contributed by atoms with Crippen LogP contribution in [0.5, 0.6) is 5.75 Å². The summed E-state index contributed by atoms with van der Waals surface area (Å²) in [7, 11) is 0. The molecule has 5 nitrogen and oxygen atoms in total. The molecule has 2 aromatic rings. The summed E-state index contributed by atoms with van der Waals surface area (Å²) < 4.78 is 5.88. The number of piperazine rings is 1. The molecule has 0 spiro atoms. The lowest BCUT2D eigenvalue weighted by atomic mass is 10.1. The SMILES string of the molecule is Cc1cccc(C)c1OCCCC(=O)N1CCN(C(=O)c2ccc(Cl)cc2)CC1. The quantitative estimate of drug-likeness (QED) is 0.668. The topological polar surface area (TPSA) is 49.9 Å². The maximum atomic E-state index is 12.6. The van der Waals surface area contributed by atoms with Crippen LogP contribution < -0.4 is 4.74 Å². The van der Waals surface area contributed by atoms with E-state index in [4.69, 9.17) is 16.3 Å². The molecule has 3 rings (SSSR count). The molecule has 1 fully saturated rings. The Labute approximate surface area is 177 Å². The van der Waals surface area contributed by atoms with Crippen molar-refractivity contribution in [3.63, 3.8) is 0 Å². The zero-order chi connectivity index (χ0) is 20.8. The number of para-hydroxylation sites is 1. The predicted octanol–water partition coefficient (Wildman–Crippen LogP) is 4.10. The van der Waals surface area contributed by atoms with E-state index in [1.165, 1.54) is 0 Å². The third-order valence-electron chi connectivity index (χ3n) is 5.20. The summed E-state index contributed by atoms with van der Waals surface area (Å²) in [5.74, 6) is 1.01. The van der Waals surface area contributed by atoms with Gasteiger partial charge in [0, 0.05) is 43.2 Å². The van der Waals surface area contributed by atoms with Gasteiger partial charge in [0.1, 0.15) is 5.75 Å². The molecular weight excluding hydrogens is 388 g/mol. The summed E-state index contributed by atoms with van der Waals surface area (Å²) in [6.45, 7) is 6.80. The van der Waals surface area contributed by atoms with E-state index in [1.807, 2.05) is 36.9 Å². The molecular formula is C23H27ClN2O3. The summed E-state index contributed by atoms with van der Waals surface area (Å²) in [6, 6.07) is 13.0. The molecule has 2 amide bonds. The summed E-state index contributed by atoms with van der Waals surface area (Å²) in [4.78, 5) is 28.7. The second-order valence-corrected chi connectivity index (χ2v) is 7.79. The van der Waals surface area contributed by atoms with Crippen molar-refractivity contribution >= 4 is 23.4 Å². The number of aryl methyl sites for hydroxylation is 2. The minimum absolute atomic E-state index is 0.0178. The van der Waals surface area contributed by atoms with Crippen molar-refractivity contribution in [2.45, 2.75) is 26.7 Å². The number of nitrogens with zero attached hydrogens (tertiary/aromatic N) is 2. The van der Waals surface area contributed by atoms with Gasteiger partial charge in [-0.25, -0.2) is 0 Å². The Hall–Kier alpha value is -2.53. The minimum Gasteiger partial charge on any atom is -0.493 e. The summed E-state index contributed by atoms with van der Waals surface area (Å²) in [6.07, 6.45) is 1.13. The van der Waals surface area contributed by atoms with Gasteiger partial charge in [-0.3, -0.25) is 9.59 Å². The Balaban J connectivity index is 1.41. The highest BCUT2D eigenvalue weighted by Gasteiger charge is 2.24. The number of carbonyl (C=O) groups is 2. The van der Waals surface area contributed by atoms with E-state index in [0.717, 1.165) is 16.9 Å². The van der Waals surface area contributed by atoms with E-state index in [0.29, 0.717) is 56.2 Å². The third-order valence-corrected chi connectivity index (χ3v) is 5.45. The summed E-state index contributed by atoms with van der Waals surface area (Å²) >= 11 is 5.88. The van der Waals surface area contributed by atoms with Gasteiger partial charge in [0.2, 0.25) is 5.91 Å². The monoisotopic (exact) mass is 414 g/mol. The molecule has 0 bridgehead atoms. The normalized spacial score (nSPS) is 14.0. The average Bonchev–Trinajstić information content (AvgIpc) is 2.73. The molecule has 0 N–H and O–H groups in total. The number of hydrogen-bond acceptors (Lipinski definition) is 3. The Kier molecular flexibility index (Phi) is 7.15. The second kappa shape index (κ2) is 9.79. The van der Waals surface area contributed by atoms with E-state index in [1.54, 1.807) is 29.2 Å². The summed E-state index contributed by atoms with van der Waals surface area (Å²) in [5, 5.41) is 0.610. The van der Waals surface area contributed by atoms with E-state index in [-0.39, 0.29) is 11.8 Å². The minimum atomic E-state index is -0.0178. The van der Waals surface area contributed by atoms with E-state index < -0.39 is 0 Å². The molecule has 154 valence electrons. The molecule has 1 aliphatic rings. The molecule has 0 aromatic heterocycles. The lowest BCUT2D eigenvalue weighted by molar-refractivity contribution is -0.132. The van der Waals surface area contributed by atoms with Crippen molar-refractivity contribution in [2.75, 3.05) is 32.8 Å². The lowest BCUT2D eigenvalue weighted by Crippen LogP contribution is -2.50. The highest BCUT2D eigenvalue weighted by Crippen LogP contribution is 2.22. The molecule has 29 heavy (non-hydrogen) atoms. The largest absolute Gasteiger partial charge is 0.493 e. The van der Waals surface area contributed by atoms with Crippen LogP contribution >= 0.6 is 11.6 Å². The fraction of sp³-hybridized carbons (Fsp3) is 0.391. The van der Waals surface area contributed by atoms with Crippen molar-refractivity contribution in [1.29, 1.82) is 0 Å².